The Morgan fingerprint density at radius 1 is 1.22 bits per heavy atom. The number of benzene rings is 1. The fraction of sp³-hybridized carbons (Fsp3) is 0.588. The number of alkyl halides is 2. The molecule has 3 unspecified atom stereocenters. The first-order valence-electron chi connectivity index (χ1n) is 7.95. The van der Waals surface area contributed by atoms with E-state index in [2.05, 4.69) is 23.9 Å². The van der Waals surface area contributed by atoms with Gasteiger partial charge in [-0.25, -0.2) is 4.79 Å². The van der Waals surface area contributed by atoms with Crippen molar-refractivity contribution in [3.8, 4) is 5.75 Å². The second-order valence-corrected chi connectivity index (χ2v) is 6.47. The monoisotopic (exact) mass is 326 g/mol. The number of amides is 2. The van der Waals surface area contributed by atoms with Crippen LogP contribution in [-0.4, -0.2) is 30.6 Å². The molecule has 0 spiro atoms. The lowest BCUT2D eigenvalue weighted by Crippen LogP contribution is -2.47. The number of likely N-dealkylation sites (tertiary alicyclic amines) is 1. The molecule has 1 fully saturated rings. The van der Waals surface area contributed by atoms with Crippen LogP contribution in [0, 0.1) is 11.8 Å². The number of rotatable bonds is 4. The van der Waals surface area contributed by atoms with E-state index in [0.717, 1.165) is 25.1 Å². The van der Waals surface area contributed by atoms with Crippen molar-refractivity contribution in [1.29, 1.82) is 0 Å². The Hall–Kier alpha value is -1.85. The summed E-state index contributed by atoms with van der Waals surface area (Å²) in [6.45, 7) is 4.88. The summed E-state index contributed by atoms with van der Waals surface area (Å²) in [6.07, 6.45) is 1.14. The molecule has 23 heavy (non-hydrogen) atoms. The number of carbonyl (C=O) groups is 1. The summed E-state index contributed by atoms with van der Waals surface area (Å²) >= 11 is 0. The van der Waals surface area contributed by atoms with E-state index >= 15 is 0 Å². The molecule has 1 saturated heterocycles. The molecule has 0 radical (unpaired) electrons. The predicted molar refractivity (Wildman–Crippen MR) is 84.5 cm³/mol. The molecular weight excluding hydrogens is 302 g/mol. The van der Waals surface area contributed by atoms with Crippen molar-refractivity contribution in [3.05, 3.63) is 29.8 Å². The molecule has 4 nitrogen and oxygen atoms in total. The number of piperidine rings is 1. The molecule has 1 aromatic rings. The van der Waals surface area contributed by atoms with Gasteiger partial charge in [0.1, 0.15) is 5.75 Å². The molecule has 1 N–H and O–H groups in total. The lowest BCUT2D eigenvalue weighted by molar-refractivity contribution is -0.0498. The first-order valence-corrected chi connectivity index (χ1v) is 7.95. The van der Waals surface area contributed by atoms with Crippen LogP contribution in [0.2, 0.25) is 0 Å². The van der Waals surface area contributed by atoms with Gasteiger partial charge in [-0.1, -0.05) is 26.0 Å². The van der Waals surface area contributed by atoms with Crippen molar-refractivity contribution < 1.29 is 18.3 Å². The minimum absolute atomic E-state index is 0.0798. The molecule has 1 aromatic carbocycles. The minimum Gasteiger partial charge on any atom is -0.435 e. The molecule has 0 aromatic heterocycles. The number of urea groups is 1. The number of carbonyl (C=O) groups excluding carboxylic acids is 1. The van der Waals surface area contributed by atoms with E-state index in [1.165, 1.54) is 12.1 Å². The quantitative estimate of drug-likeness (QED) is 0.907. The predicted octanol–water partition coefficient (Wildman–Crippen LogP) is 4.04. The number of nitrogens with one attached hydrogen (secondary N) is 1. The molecular formula is C17H24F2N2O2. The van der Waals surface area contributed by atoms with Crippen LogP contribution >= 0.6 is 0 Å². The summed E-state index contributed by atoms with van der Waals surface area (Å²) in [5, 5.41) is 2.97. The Kier molecular flexibility index (Phi) is 5.80. The highest BCUT2D eigenvalue weighted by Crippen LogP contribution is 2.22. The average Bonchev–Trinajstić information content (AvgIpc) is 2.46. The normalized spacial score (nSPS) is 22.8. The van der Waals surface area contributed by atoms with Gasteiger partial charge in [-0.05, 0) is 42.9 Å². The minimum atomic E-state index is -2.83. The topological polar surface area (TPSA) is 41.6 Å². The van der Waals surface area contributed by atoms with Crippen molar-refractivity contribution in [2.75, 3.05) is 13.1 Å². The van der Waals surface area contributed by atoms with E-state index in [9.17, 15) is 13.6 Å². The molecule has 0 aliphatic carbocycles. The summed E-state index contributed by atoms with van der Waals surface area (Å²) in [6, 6.07) is 6.05. The van der Waals surface area contributed by atoms with Crippen LogP contribution < -0.4 is 10.1 Å². The second-order valence-electron chi connectivity index (χ2n) is 6.47. The Labute approximate surface area is 135 Å². The summed E-state index contributed by atoms with van der Waals surface area (Å²) in [4.78, 5) is 14.2. The van der Waals surface area contributed by atoms with E-state index in [1.54, 1.807) is 12.1 Å². The van der Waals surface area contributed by atoms with Gasteiger partial charge in [0.2, 0.25) is 0 Å². The second kappa shape index (κ2) is 7.62. The first-order chi connectivity index (χ1) is 10.8. The van der Waals surface area contributed by atoms with Crippen LogP contribution in [0.3, 0.4) is 0 Å². The highest BCUT2D eigenvalue weighted by atomic mass is 19.3. The Morgan fingerprint density at radius 3 is 2.30 bits per heavy atom. The zero-order valence-corrected chi connectivity index (χ0v) is 13.8. The van der Waals surface area contributed by atoms with Crippen molar-refractivity contribution >= 4 is 6.03 Å². The van der Waals surface area contributed by atoms with E-state index < -0.39 is 6.61 Å². The lowest BCUT2D eigenvalue weighted by Gasteiger charge is -2.35. The van der Waals surface area contributed by atoms with Crippen LogP contribution in [0.1, 0.15) is 38.8 Å². The highest BCUT2D eigenvalue weighted by Gasteiger charge is 2.26. The van der Waals surface area contributed by atoms with Crippen molar-refractivity contribution in [2.24, 2.45) is 11.8 Å². The molecule has 6 heteroatoms. The maximum absolute atomic E-state index is 12.4. The molecule has 0 saturated carbocycles. The third-order valence-corrected chi connectivity index (χ3v) is 4.10. The van der Waals surface area contributed by atoms with Gasteiger partial charge in [-0.3, -0.25) is 0 Å². The van der Waals surface area contributed by atoms with Gasteiger partial charge < -0.3 is 15.0 Å². The standard InChI is InChI=1S/C17H24F2N2O2/c1-11-8-12(2)10-21(9-11)17(22)20-13(3)14-4-6-15(7-5-14)23-16(18)19/h4-7,11-13,16H,8-10H2,1-3H3,(H,20,22). The van der Waals surface area contributed by atoms with Crippen molar-refractivity contribution in [3.63, 3.8) is 0 Å². The Morgan fingerprint density at radius 2 is 1.78 bits per heavy atom. The zero-order chi connectivity index (χ0) is 17.0. The van der Waals surface area contributed by atoms with Crippen LogP contribution in [0.25, 0.3) is 0 Å². The van der Waals surface area contributed by atoms with Crippen LogP contribution in [0.5, 0.6) is 5.75 Å². The lowest BCUT2D eigenvalue weighted by atomic mass is 9.92. The van der Waals surface area contributed by atoms with Gasteiger partial charge in [0.25, 0.3) is 0 Å². The smallest absolute Gasteiger partial charge is 0.387 e. The molecule has 1 aliphatic rings. The molecule has 128 valence electrons. The SMILES string of the molecule is CC1CC(C)CN(C(=O)NC(C)c2ccc(OC(F)F)cc2)C1. The molecule has 1 heterocycles. The third-order valence-electron chi connectivity index (χ3n) is 4.10. The maximum atomic E-state index is 12.4. The van der Waals surface area contributed by atoms with Gasteiger partial charge >= 0.3 is 12.6 Å². The van der Waals surface area contributed by atoms with Gasteiger partial charge in [0.15, 0.2) is 0 Å². The summed E-state index contributed by atoms with van der Waals surface area (Å²) in [5.74, 6) is 1.12. The van der Waals surface area contributed by atoms with E-state index in [4.69, 9.17) is 0 Å². The zero-order valence-electron chi connectivity index (χ0n) is 13.8. The van der Waals surface area contributed by atoms with E-state index in [1.807, 2.05) is 11.8 Å². The number of hydrogen-bond acceptors (Lipinski definition) is 2. The molecule has 0 bridgehead atoms. The van der Waals surface area contributed by atoms with Gasteiger partial charge in [-0.15, -0.1) is 0 Å². The highest BCUT2D eigenvalue weighted by molar-refractivity contribution is 5.74. The number of hydrogen-bond donors (Lipinski definition) is 1. The summed E-state index contributed by atoms with van der Waals surface area (Å²) < 4.78 is 28.6. The number of halogens is 2. The van der Waals surface area contributed by atoms with E-state index in [-0.39, 0.29) is 17.8 Å². The number of ether oxygens (including phenoxy) is 1. The fourth-order valence-corrected chi connectivity index (χ4v) is 3.13. The average molecular weight is 326 g/mol. The van der Waals surface area contributed by atoms with E-state index in [0.29, 0.717) is 11.8 Å². The molecule has 2 amide bonds. The molecule has 2 rings (SSSR count). The van der Waals surface area contributed by atoms with Gasteiger partial charge in [-0.2, -0.15) is 8.78 Å². The largest absolute Gasteiger partial charge is 0.435 e. The Bertz CT molecular complexity index is 512. The van der Waals surface area contributed by atoms with Gasteiger partial charge in [0, 0.05) is 13.1 Å². The summed E-state index contributed by atoms with van der Waals surface area (Å²) in [5.41, 5.74) is 0.845. The van der Waals surface area contributed by atoms with Gasteiger partial charge in [0.05, 0.1) is 6.04 Å². The van der Waals surface area contributed by atoms with Crippen LogP contribution in [0.4, 0.5) is 13.6 Å². The number of nitrogens with zero attached hydrogens (tertiary/aromatic N) is 1. The molecule has 3 atom stereocenters. The van der Waals surface area contributed by atoms with Crippen LogP contribution in [-0.2, 0) is 0 Å². The maximum Gasteiger partial charge on any atom is 0.387 e. The Balaban J connectivity index is 1.92. The van der Waals surface area contributed by atoms with Crippen LogP contribution in [0.15, 0.2) is 24.3 Å². The van der Waals surface area contributed by atoms with Crippen molar-refractivity contribution in [1.82, 2.24) is 10.2 Å². The molecule has 1 aliphatic heterocycles. The first kappa shape index (κ1) is 17.5. The summed E-state index contributed by atoms with van der Waals surface area (Å²) in [7, 11) is 0. The van der Waals surface area contributed by atoms with Crippen molar-refractivity contribution in [2.45, 2.75) is 39.8 Å². The third kappa shape index (κ3) is 5.08. The fourth-order valence-electron chi connectivity index (χ4n) is 3.13.